The van der Waals surface area contributed by atoms with Crippen molar-refractivity contribution in [1.29, 1.82) is 0 Å². The predicted octanol–water partition coefficient (Wildman–Crippen LogP) is 3.37. The first-order valence-electron chi connectivity index (χ1n) is 13.4. The molecular weight excluding hydrogens is 512 g/mol. The molecule has 0 aliphatic carbocycles. The van der Waals surface area contributed by atoms with Gasteiger partial charge in [-0.25, -0.2) is 13.6 Å². The second-order valence-electron chi connectivity index (χ2n) is 10.2. The number of halogens is 2. The van der Waals surface area contributed by atoms with Crippen LogP contribution >= 0.6 is 0 Å². The third-order valence-electron chi connectivity index (χ3n) is 7.54. The fourth-order valence-electron chi connectivity index (χ4n) is 5.41. The number of nitrogens with zero attached hydrogens (tertiary/aromatic N) is 3. The zero-order valence-corrected chi connectivity index (χ0v) is 22.4. The molecule has 1 fully saturated rings. The summed E-state index contributed by atoms with van der Waals surface area (Å²) in [4.78, 5) is 29.7. The van der Waals surface area contributed by atoms with E-state index in [2.05, 4.69) is 17.4 Å². The predicted molar refractivity (Wildman–Crippen MR) is 153 cm³/mol. The number of rotatable bonds is 8. The summed E-state index contributed by atoms with van der Waals surface area (Å²) in [6.45, 7) is 2.94. The standard InChI is InChI=1S/C31H33F2N5O2/c1-21-29(36-16-15-35-24(18-36)17-22-9-4-2-5-10-22)30(39)38(20-28(34)23-11-6-3-7-12-23)31(40)37(21)19-25-26(32)13-8-14-27(25)33/h2-14,24,28,35H,15-20,34H2,1H3/t24-,28+/m1/s1. The molecule has 9 heteroatoms. The monoisotopic (exact) mass is 545 g/mol. The van der Waals surface area contributed by atoms with Crippen LogP contribution in [0.2, 0.25) is 0 Å². The van der Waals surface area contributed by atoms with Gasteiger partial charge in [-0.05, 0) is 36.6 Å². The largest absolute Gasteiger partial charge is 0.363 e. The van der Waals surface area contributed by atoms with E-state index in [4.69, 9.17) is 5.73 Å². The summed E-state index contributed by atoms with van der Waals surface area (Å²) in [6.07, 6.45) is 0.767. The molecule has 2 atom stereocenters. The minimum atomic E-state index is -0.753. The van der Waals surface area contributed by atoms with Gasteiger partial charge in [0.05, 0.1) is 13.1 Å². The third kappa shape index (κ3) is 5.76. The third-order valence-corrected chi connectivity index (χ3v) is 7.54. The van der Waals surface area contributed by atoms with E-state index in [1.54, 1.807) is 6.92 Å². The second kappa shape index (κ2) is 12.0. The highest BCUT2D eigenvalue weighted by Crippen LogP contribution is 2.21. The molecule has 1 aromatic heterocycles. The molecule has 0 spiro atoms. The van der Waals surface area contributed by atoms with Crippen LogP contribution in [-0.2, 0) is 19.5 Å². The molecule has 3 aromatic carbocycles. The molecular formula is C31H33F2N5O2. The molecule has 5 rings (SSSR count). The second-order valence-corrected chi connectivity index (χ2v) is 10.2. The van der Waals surface area contributed by atoms with Crippen LogP contribution in [0, 0.1) is 18.6 Å². The molecule has 1 aliphatic rings. The number of nitrogens with two attached hydrogens (primary N) is 1. The summed E-state index contributed by atoms with van der Waals surface area (Å²) in [5.41, 5.74) is 7.74. The average molecular weight is 546 g/mol. The van der Waals surface area contributed by atoms with Gasteiger partial charge in [0.2, 0.25) is 0 Å². The van der Waals surface area contributed by atoms with Crippen LogP contribution in [0.3, 0.4) is 0 Å². The SMILES string of the molecule is Cc1c(N2CCN[C@H](Cc3ccccc3)C2)c(=O)n(C[C@H](N)c2ccccc2)c(=O)n1Cc1c(F)cccc1F. The van der Waals surface area contributed by atoms with E-state index in [9.17, 15) is 18.4 Å². The molecule has 1 aliphatic heterocycles. The Labute approximate surface area is 231 Å². The number of aromatic nitrogens is 2. The fourth-order valence-corrected chi connectivity index (χ4v) is 5.41. The fraction of sp³-hybridized carbons (Fsp3) is 0.290. The molecule has 2 heterocycles. The highest BCUT2D eigenvalue weighted by molar-refractivity contribution is 5.50. The first-order chi connectivity index (χ1) is 19.3. The van der Waals surface area contributed by atoms with Crippen LogP contribution in [0.5, 0.6) is 0 Å². The minimum Gasteiger partial charge on any atom is -0.363 e. The van der Waals surface area contributed by atoms with Crippen LogP contribution in [0.25, 0.3) is 0 Å². The van der Waals surface area contributed by atoms with E-state index < -0.39 is 28.9 Å². The highest BCUT2D eigenvalue weighted by atomic mass is 19.1. The summed E-state index contributed by atoms with van der Waals surface area (Å²) in [7, 11) is 0. The zero-order valence-electron chi connectivity index (χ0n) is 22.4. The van der Waals surface area contributed by atoms with Crippen molar-refractivity contribution >= 4 is 5.69 Å². The summed E-state index contributed by atoms with van der Waals surface area (Å²) in [5.74, 6) is -1.51. The van der Waals surface area contributed by atoms with E-state index in [0.717, 1.165) is 28.7 Å². The molecule has 40 heavy (non-hydrogen) atoms. The van der Waals surface area contributed by atoms with Crippen molar-refractivity contribution in [3.05, 3.63) is 134 Å². The smallest absolute Gasteiger partial charge is 0.331 e. The van der Waals surface area contributed by atoms with Crippen molar-refractivity contribution in [2.75, 3.05) is 24.5 Å². The Morgan fingerprint density at radius 2 is 1.57 bits per heavy atom. The Hall–Kier alpha value is -4.08. The Morgan fingerprint density at radius 1 is 0.925 bits per heavy atom. The zero-order chi connectivity index (χ0) is 28.2. The molecule has 0 unspecified atom stereocenters. The van der Waals surface area contributed by atoms with Gasteiger partial charge in [0.25, 0.3) is 5.56 Å². The van der Waals surface area contributed by atoms with Crippen molar-refractivity contribution < 1.29 is 8.78 Å². The number of hydrogen-bond acceptors (Lipinski definition) is 5. The van der Waals surface area contributed by atoms with Gasteiger partial charge in [0, 0.05) is 43.0 Å². The minimum absolute atomic E-state index is 0.0689. The lowest BCUT2D eigenvalue weighted by Gasteiger charge is -2.36. The normalized spacial score (nSPS) is 16.2. The van der Waals surface area contributed by atoms with Gasteiger partial charge < -0.3 is 16.0 Å². The highest BCUT2D eigenvalue weighted by Gasteiger charge is 2.27. The Morgan fingerprint density at radius 3 is 2.25 bits per heavy atom. The molecule has 0 radical (unpaired) electrons. The Bertz CT molecular complexity index is 1570. The summed E-state index contributed by atoms with van der Waals surface area (Å²) in [5, 5.41) is 3.52. The molecule has 4 aromatic rings. The molecule has 0 amide bonds. The Balaban J connectivity index is 1.57. The first kappa shape index (κ1) is 27.5. The summed E-state index contributed by atoms with van der Waals surface area (Å²) < 4.78 is 31.7. The number of piperazine rings is 1. The van der Waals surface area contributed by atoms with Gasteiger partial charge in [0.15, 0.2) is 0 Å². The van der Waals surface area contributed by atoms with Crippen LogP contribution in [0.4, 0.5) is 14.5 Å². The van der Waals surface area contributed by atoms with E-state index in [1.807, 2.05) is 53.4 Å². The van der Waals surface area contributed by atoms with E-state index in [-0.39, 0.29) is 24.7 Å². The molecule has 3 N–H and O–H groups in total. The Kier molecular flexibility index (Phi) is 8.23. The number of hydrogen-bond donors (Lipinski definition) is 2. The maximum absolute atomic E-state index is 14.7. The number of benzene rings is 3. The van der Waals surface area contributed by atoms with Gasteiger partial charge in [-0.2, -0.15) is 0 Å². The van der Waals surface area contributed by atoms with Crippen molar-refractivity contribution in [3.63, 3.8) is 0 Å². The maximum Gasteiger partial charge on any atom is 0.331 e. The average Bonchev–Trinajstić information content (AvgIpc) is 2.96. The van der Waals surface area contributed by atoms with Crippen LogP contribution in [0.1, 0.15) is 28.4 Å². The number of anilines is 1. The van der Waals surface area contributed by atoms with Gasteiger partial charge in [-0.1, -0.05) is 66.7 Å². The van der Waals surface area contributed by atoms with E-state index in [0.29, 0.717) is 31.0 Å². The van der Waals surface area contributed by atoms with Crippen molar-refractivity contribution in [2.24, 2.45) is 5.73 Å². The number of nitrogens with one attached hydrogen (secondary N) is 1. The van der Waals surface area contributed by atoms with Crippen molar-refractivity contribution in [2.45, 2.75) is 38.5 Å². The summed E-state index contributed by atoms with van der Waals surface area (Å²) in [6, 6.07) is 22.3. The summed E-state index contributed by atoms with van der Waals surface area (Å²) >= 11 is 0. The quantitative estimate of drug-likeness (QED) is 0.355. The van der Waals surface area contributed by atoms with Gasteiger partial charge in [-0.15, -0.1) is 0 Å². The maximum atomic E-state index is 14.7. The molecule has 208 valence electrons. The lowest BCUT2D eigenvalue weighted by Crippen LogP contribution is -2.55. The van der Waals surface area contributed by atoms with Gasteiger partial charge in [-0.3, -0.25) is 13.9 Å². The van der Waals surface area contributed by atoms with E-state index in [1.165, 1.54) is 16.2 Å². The van der Waals surface area contributed by atoms with E-state index >= 15 is 0 Å². The molecule has 0 saturated carbocycles. The molecule has 1 saturated heterocycles. The van der Waals surface area contributed by atoms with Gasteiger partial charge >= 0.3 is 5.69 Å². The van der Waals surface area contributed by atoms with Crippen LogP contribution < -0.4 is 27.2 Å². The van der Waals surface area contributed by atoms with Crippen molar-refractivity contribution in [1.82, 2.24) is 14.5 Å². The van der Waals surface area contributed by atoms with Gasteiger partial charge in [0.1, 0.15) is 17.3 Å². The molecule has 7 nitrogen and oxygen atoms in total. The van der Waals surface area contributed by atoms with Crippen molar-refractivity contribution in [3.8, 4) is 0 Å². The molecule has 0 bridgehead atoms. The lowest BCUT2D eigenvalue weighted by atomic mass is 10.0. The van der Waals surface area contributed by atoms with Crippen LogP contribution in [0.15, 0.2) is 88.5 Å². The topological polar surface area (TPSA) is 85.3 Å². The van der Waals surface area contributed by atoms with Crippen LogP contribution in [-0.4, -0.2) is 34.8 Å². The first-order valence-corrected chi connectivity index (χ1v) is 13.4. The lowest BCUT2D eigenvalue weighted by molar-refractivity contribution is 0.445.